The summed E-state index contributed by atoms with van der Waals surface area (Å²) < 4.78 is 1.59. The van der Waals surface area contributed by atoms with Gasteiger partial charge in [-0.1, -0.05) is 53.5 Å². The SMILES string of the molecule is O=C1N(c2ccc(Cl)c(Cl)c2)C[NH+](Cc2ccccc2)CN1n1cnnc1. The van der Waals surface area contributed by atoms with E-state index in [4.69, 9.17) is 23.2 Å². The fourth-order valence-corrected chi connectivity index (χ4v) is 3.40. The molecule has 2 amide bonds. The molecule has 7 nitrogen and oxygen atoms in total. The average Bonchev–Trinajstić information content (AvgIpc) is 3.21. The molecule has 1 aliphatic rings. The van der Waals surface area contributed by atoms with Crippen LogP contribution in [0.3, 0.4) is 0 Å². The number of aromatic nitrogens is 3. The molecule has 138 valence electrons. The van der Waals surface area contributed by atoms with E-state index in [9.17, 15) is 4.79 Å². The fraction of sp³-hybridized carbons (Fsp3) is 0.167. The van der Waals surface area contributed by atoms with E-state index in [1.54, 1.807) is 32.8 Å². The lowest BCUT2D eigenvalue weighted by Gasteiger charge is -2.39. The molecule has 2 heterocycles. The Labute approximate surface area is 166 Å². The summed E-state index contributed by atoms with van der Waals surface area (Å²) in [5.41, 5.74) is 1.89. The lowest BCUT2D eigenvalue weighted by atomic mass is 10.2. The van der Waals surface area contributed by atoms with E-state index in [1.807, 2.05) is 18.2 Å². The van der Waals surface area contributed by atoms with Crippen molar-refractivity contribution < 1.29 is 9.69 Å². The van der Waals surface area contributed by atoms with Crippen LogP contribution in [0.1, 0.15) is 5.56 Å². The highest BCUT2D eigenvalue weighted by Gasteiger charge is 2.35. The van der Waals surface area contributed by atoms with Crippen molar-refractivity contribution in [2.75, 3.05) is 23.2 Å². The molecule has 1 atom stereocenters. The molecule has 0 radical (unpaired) electrons. The van der Waals surface area contributed by atoms with Crippen LogP contribution in [0.4, 0.5) is 10.5 Å². The van der Waals surface area contributed by atoms with E-state index in [-0.39, 0.29) is 6.03 Å². The number of hydrogen-bond acceptors (Lipinski definition) is 3. The van der Waals surface area contributed by atoms with E-state index >= 15 is 0 Å². The third-order valence-electron chi connectivity index (χ3n) is 4.40. The van der Waals surface area contributed by atoms with Gasteiger partial charge in [0.15, 0.2) is 13.3 Å². The van der Waals surface area contributed by atoms with Gasteiger partial charge in [-0.2, -0.15) is 5.01 Å². The number of rotatable bonds is 4. The number of halogens is 2. The summed E-state index contributed by atoms with van der Waals surface area (Å²) in [4.78, 5) is 16.0. The molecule has 1 fully saturated rings. The highest BCUT2D eigenvalue weighted by Crippen LogP contribution is 2.27. The molecule has 9 heteroatoms. The molecule has 0 aliphatic carbocycles. The number of carbonyl (C=O) groups excluding carboxylic acids is 1. The number of quaternary nitrogens is 1. The molecule has 1 aromatic heterocycles. The molecule has 0 saturated carbocycles. The molecule has 27 heavy (non-hydrogen) atoms. The van der Waals surface area contributed by atoms with Crippen molar-refractivity contribution in [3.8, 4) is 0 Å². The van der Waals surface area contributed by atoms with Gasteiger partial charge in [0.05, 0.1) is 15.7 Å². The third-order valence-corrected chi connectivity index (χ3v) is 5.14. The maximum absolute atomic E-state index is 13.1. The van der Waals surface area contributed by atoms with Gasteiger partial charge >= 0.3 is 6.03 Å². The smallest absolute Gasteiger partial charge is 0.295 e. The van der Waals surface area contributed by atoms with Crippen LogP contribution in [0.5, 0.6) is 0 Å². The number of benzene rings is 2. The zero-order chi connectivity index (χ0) is 18.8. The topological polar surface area (TPSA) is 58.7 Å². The first kappa shape index (κ1) is 17.8. The number of nitrogens with one attached hydrogen (secondary N) is 1. The first-order valence-electron chi connectivity index (χ1n) is 8.38. The number of anilines is 1. The predicted molar refractivity (Wildman–Crippen MR) is 103 cm³/mol. The Kier molecular flexibility index (Phi) is 4.98. The normalized spacial score (nSPS) is 17.4. The Morgan fingerprint density at radius 1 is 0.963 bits per heavy atom. The number of urea groups is 1. The largest absolute Gasteiger partial charge is 0.352 e. The van der Waals surface area contributed by atoms with Gasteiger partial charge < -0.3 is 0 Å². The standard InChI is InChI=1S/C18H16Cl2N6O/c19-16-7-6-15(8-17(16)20)25-12-23(9-14-4-2-1-3-5-14)13-26(18(25)27)24-10-21-22-11-24/h1-8,10-11H,9,12-13H2/p+1. The number of nitrogens with zero attached hydrogens (tertiary/aromatic N) is 5. The van der Waals surface area contributed by atoms with Crippen molar-refractivity contribution in [3.05, 3.63) is 76.8 Å². The second kappa shape index (κ2) is 7.56. The van der Waals surface area contributed by atoms with Crippen LogP contribution in [0.2, 0.25) is 10.0 Å². The van der Waals surface area contributed by atoms with Crippen LogP contribution in [0, 0.1) is 0 Å². The summed E-state index contributed by atoms with van der Waals surface area (Å²) >= 11 is 12.2. The fourth-order valence-electron chi connectivity index (χ4n) is 3.11. The Bertz CT molecular complexity index is 934. The van der Waals surface area contributed by atoms with Gasteiger partial charge in [0.25, 0.3) is 0 Å². The highest BCUT2D eigenvalue weighted by molar-refractivity contribution is 6.42. The molecule has 4 rings (SSSR count). The van der Waals surface area contributed by atoms with E-state index < -0.39 is 0 Å². The van der Waals surface area contributed by atoms with Crippen molar-refractivity contribution in [2.45, 2.75) is 6.54 Å². The maximum atomic E-state index is 13.1. The molecule has 0 spiro atoms. The summed E-state index contributed by atoms with van der Waals surface area (Å²) in [5.74, 6) is 0. The number of hydrogen-bond donors (Lipinski definition) is 1. The van der Waals surface area contributed by atoms with E-state index in [1.165, 1.54) is 23.1 Å². The predicted octanol–water partition coefficient (Wildman–Crippen LogP) is 2.16. The third kappa shape index (κ3) is 3.75. The van der Waals surface area contributed by atoms with Crippen molar-refractivity contribution in [1.82, 2.24) is 14.9 Å². The van der Waals surface area contributed by atoms with Gasteiger partial charge in [-0.3, -0.25) is 4.90 Å². The van der Waals surface area contributed by atoms with Gasteiger partial charge in [-0.25, -0.2) is 14.4 Å². The van der Waals surface area contributed by atoms with Crippen LogP contribution in [-0.4, -0.2) is 34.2 Å². The summed E-state index contributed by atoms with van der Waals surface area (Å²) in [6.07, 6.45) is 3.02. The Morgan fingerprint density at radius 2 is 1.70 bits per heavy atom. The van der Waals surface area contributed by atoms with Crippen LogP contribution in [-0.2, 0) is 6.54 Å². The second-order valence-electron chi connectivity index (χ2n) is 6.28. The van der Waals surface area contributed by atoms with Crippen LogP contribution >= 0.6 is 23.2 Å². The van der Waals surface area contributed by atoms with Gasteiger partial charge in [-0.15, -0.1) is 10.2 Å². The quantitative estimate of drug-likeness (QED) is 0.725. The van der Waals surface area contributed by atoms with Crippen molar-refractivity contribution in [2.24, 2.45) is 0 Å². The van der Waals surface area contributed by atoms with Gasteiger partial charge in [0.1, 0.15) is 19.2 Å². The van der Waals surface area contributed by atoms with Crippen molar-refractivity contribution >= 4 is 34.9 Å². The molecule has 3 aromatic rings. The van der Waals surface area contributed by atoms with E-state index in [0.29, 0.717) is 29.1 Å². The second-order valence-corrected chi connectivity index (χ2v) is 7.09. The van der Waals surface area contributed by atoms with Gasteiger partial charge in [0.2, 0.25) is 0 Å². The lowest BCUT2D eigenvalue weighted by molar-refractivity contribution is -0.914. The van der Waals surface area contributed by atoms with Crippen LogP contribution in [0.15, 0.2) is 61.2 Å². The van der Waals surface area contributed by atoms with E-state index in [0.717, 1.165) is 6.54 Å². The Balaban J connectivity index is 1.66. The Morgan fingerprint density at radius 3 is 2.41 bits per heavy atom. The van der Waals surface area contributed by atoms with Crippen LogP contribution < -0.4 is 14.8 Å². The van der Waals surface area contributed by atoms with Gasteiger partial charge in [0, 0.05) is 5.56 Å². The van der Waals surface area contributed by atoms with Gasteiger partial charge in [-0.05, 0) is 18.2 Å². The molecule has 0 bridgehead atoms. The minimum absolute atomic E-state index is 0.176. The zero-order valence-corrected chi connectivity index (χ0v) is 15.8. The minimum atomic E-state index is -0.176. The van der Waals surface area contributed by atoms with Crippen molar-refractivity contribution in [1.29, 1.82) is 0 Å². The Hall–Kier alpha value is -2.61. The van der Waals surface area contributed by atoms with Crippen LogP contribution in [0.25, 0.3) is 0 Å². The summed E-state index contributed by atoms with van der Waals surface area (Å²) in [7, 11) is 0. The number of carbonyl (C=O) groups is 1. The van der Waals surface area contributed by atoms with Crippen molar-refractivity contribution in [3.63, 3.8) is 0 Å². The average molecular weight is 404 g/mol. The highest BCUT2D eigenvalue weighted by atomic mass is 35.5. The summed E-state index contributed by atoms with van der Waals surface area (Å²) in [6.45, 7) is 1.76. The zero-order valence-electron chi connectivity index (χ0n) is 14.3. The molecule has 1 N–H and O–H groups in total. The number of amides is 2. The molecule has 1 aliphatic heterocycles. The summed E-state index contributed by atoms with van der Waals surface area (Å²) in [6, 6.07) is 15.2. The minimum Gasteiger partial charge on any atom is -0.295 e. The molecular weight excluding hydrogens is 387 g/mol. The molecule has 1 unspecified atom stereocenters. The monoisotopic (exact) mass is 403 g/mol. The maximum Gasteiger partial charge on any atom is 0.352 e. The first-order valence-corrected chi connectivity index (χ1v) is 9.14. The molecule has 2 aromatic carbocycles. The molecule has 1 saturated heterocycles. The summed E-state index contributed by atoms with van der Waals surface area (Å²) in [5, 5.41) is 10.1. The molecular formula is C18H17Cl2N6O+. The van der Waals surface area contributed by atoms with E-state index in [2.05, 4.69) is 22.3 Å². The first-order chi connectivity index (χ1) is 13.1. The lowest BCUT2D eigenvalue weighted by Crippen LogP contribution is -3.16.